The van der Waals surface area contributed by atoms with E-state index in [0.29, 0.717) is 22.6 Å². The maximum Gasteiger partial charge on any atom is 0.340 e. The van der Waals surface area contributed by atoms with E-state index in [4.69, 9.17) is 4.74 Å². The third-order valence-corrected chi connectivity index (χ3v) is 4.20. The van der Waals surface area contributed by atoms with Gasteiger partial charge in [-0.05, 0) is 32.9 Å². The zero-order chi connectivity index (χ0) is 20.1. The van der Waals surface area contributed by atoms with Gasteiger partial charge in [-0.15, -0.1) is 0 Å². The van der Waals surface area contributed by atoms with Crippen LogP contribution in [0, 0.1) is 24.0 Å². The molecule has 0 spiro atoms. The number of carbonyl (C=O) groups is 2. The Kier molecular flexibility index (Phi) is 6.27. The highest BCUT2D eigenvalue weighted by Gasteiger charge is 2.23. The molecule has 0 aliphatic carbocycles. The highest BCUT2D eigenvalue weighted by molar-refractivity contribution is 6.02. The van der Waals surface area contributed by atoms with E-state index in [2.05, 4.69) is 5.10 Å². The van der Waals surface area contributed by atoms with Gasteiger partial charge in [0.1, 0.15) is 11.4 Å². The number of hydrogen-bond acceptors (Lipinski definition) is 6. The van der Waals surface area contributed by atoms with Crippen LogP contribution in [0.3, 0.4) is 0 Å². The van der Waals surface area contributed by atoms with Gasteiger partial charge in [0.2, 0.25) is 5.91 Å². The fourth-order valence-corrected chi connectivity index (χ4v) is 2.82. The van der Waals surface area contributed by atoms with Crippen LogP contribution in [0.4, 0.5) is 11.4 Å². The number of benzene rings is 1. The average Bonchev–Trinajstić information content (AvgIpc) is 2.92. The molecule has 2 aromatic rings. The Hall–Kier alpha value is -3.23. The highest BCUT2D eigenvalue weighted by atomic mass is 16.6. The van der Waals surface area contributed by atoms with Crippen molar-refractivity contribution in [3.8, 4) is 0 Å². The van der Waals surface area contributed by atoms with Gasteiger partial charge in [0, 0.05) is 13.5 Å². The lowest BCUT2D eigenvalue weighted by Gasteiger charge is -2.20. The van der Waals surface area contributed by atoms with Crippen molar-refractivity contribution in [2.75, 3.05) is 18.6 Å². The number of aromatic nitrogens is 2. The Morgan fingerprint density at radius 1 is 1.30 bits per heavy atom. The molecule has 1 heterocycles. The zero-order valence-electron chi connectivity index (χ0n) is 15.8. The number of carbonyl (C=O) groups excluding carboxylic acids is 2. The largest absolute Gasteiger partial charge is 0.462 e. The van der Waals surface area contributed by atoms with Gasteiger partial charge < -0.3 is 9.64 Å². The first-order valence-electron chi connectivity index (χ1n) is 8.49. The van der Waals surface area contributed by atoms with Crippen molar-refractivity contribution in [1.82, 2.24) is 9.78 Å². The van der Waals surface area contributed by atoms with Crippen LogP contribution in [-0.4, -0.2) is 40.2 Å². The lowest BCUT2D eigenvalue weighted by Crippen LogP contribution is -2.29. The molecule has 0 saturated heterocycles. The van der Waals surface area contributed by atoms with Crippen molar-refractivity contribution in [3.63, 3.8) is 0 Å². The van der Waals surface area contributed by atoms with E-state index in [-0.39, 0.29) is 31.2 Å². The molecule has 0 aliphatic heterocycles. The fraction of sp³-hybridized carbons (Fsp3) is 0.389. The first-order valence-corrected chi connectivity index (χ1v) is 8.49. The van der Waals surface area contributed by atoms with Crippen LogP contribution in [0.2, 0.25) is 0 Å². The summed E-state index contributed by atoms with van der Waals surface area (Å²) in [5, 5.41) is 15.2. The molecule has 0 fully saturated rings. The topological polar surface area (TPSA) is 108 Å². The first kappa shape index (κ1) is 20.1. The Morgan fingerprint density at radius 2 is 1.96 bits per heavy atom. The molecule has 27 heavy (non-hydrogen) atoms. The number of esters is 1. The van der Waals surface area contributed by atoms with Gasteiger partial charge in [-0.3, -0.25) is 19.6 Å². The quantitative estimate of drug-likeness (QED) is 0.419. The van der Waals surface area contributed by atoms with Gasteiger partial charge in [0.25, 0.3) is 0 Å². The van der Waals surface area contributed by atoms with E-state index in [1.165, 1.54) is 9.58 Å². The molecular formula is C18H22N4O5. The van der Waals surface area contributed by atoms with E-state index >= 15 is 0 Å². The number of aryl methyl sites for hydroxylation is 2. The zero-order valence-corrected chi connectivity index (χ0v) is 15.8. The van der Waals surface area contributed by atoms with E-state index in [1.54, 1.807) is 52.1 Å². The molecule has 9 nitrogen and oxygen atoms in total. The number of anilines is 1. The van der Waals surface area contributed by atoms with Gasteiger partial charge in [-0.1, -0.05) is 12.1 Å². The maximum atomic E-state index is 12.6. The molecule has 1 amide bonds. The van der Waals surface area contributed by atoms with Crippen LogP contribution in [0.15, 0.2) is 24.3 Å². The van der Waals surface area contributed by atoms with Crippen molar-refractivity contribution >= 4 is 23.3 Å². The summed E-state index contributed by atoms with van der Waals surface area (Å²) >= 11 is 0. The second-order valence-corrected chi connectivity index (χ2v) is 5.94. The first-order chi connectivity index (χ1) is 12.8. The van der Waals surface area contributed by atoms with Gasteiger partial charge in [0.05, 0.1) is 29.3 Å². The molecule has 1 aromatic heterocycles. The maximum absolute atomic E-state index is 12.6. The van der Waals surface area contributed by atoms with Crippen molar-refractivity contribution in [2.45, 2.75) is 33.7 Å². The van der Waals surface area contributed by atoms with Crippen LogP contribution < -0.4 is 4.90 Å². The molecule has 0 bridgehead atoms. The predicted molar refractivity (Wildman–Crippen MR) is 98.8 cm³/mol. The van der Waals surface area contributed by atoms with E-state index in [0.717, 1.165) is 0 Å². The smallest absolute Gasteiger partial charge is 0.340 e. The minimum Gasteiger partial charge on any atom is -0.462 e. The normalized spacial score (nSPS) is 10.5. The summed E-state index contributed by atoms with van der Waals surface area (Å²) in [4.78, 5) is 36.6. The Labute approximate surface area is 156 Å². The molecule has 0 N–H and O–H groups in total. The molecule has 0 radical (unpaired) electrons. The molecule has 9 heteroatoms. The molecule has 0 aliphatic rings. The molecular weight excluding hydrogens is 352 g/mol. The van der Waals surface area contributed by atoms with E-state index in [1.807, 2.05) is 0 Å². The van der Waals surface area contributed by atoms with E-state index in [9.17, 15) is 19.7 Å². The Morgan fingerprint density at radius 3 is 2.56 bits per heavy atom. The summed E-state index contributed by atoms with van der Waals surface area (Å²) in [6, 6.07) is 6.69. The SMILES string of the molecule is CCOC(=O)c1ccccc1N(C)C(=O)CCn1nc(C)c([N+](=O)[O-])c1C. The van der Waals surface area contributed by atoms with Gasteiger partial charge in [0.15, 0.2) is 0 Å². The van der Waals surface area contributed by atoms with Crippen LogP contribution in [0.25, 0.3) is 0 Å². The van der Waals surface area contributed by atoms with Crippen molar-refractivity contribution in [1.29, 1.82) is 0 Å². The lowest BCUT2D eigenvalue weighted by molar-refractivity contribution is -0.386. The Bertz CT molecular complexity index is 875. The third kappa shape index (κ3) is 4.30. The number of nitrogens with zero attached hydrogens (tertiary/aromatic N) is 4. The molecule has 0 saturated carbocycles. The fourth-order valence-electron chi connectivity index (χ4n) is 2.82. The van der Waals surface area contributed by atoms with Crippen LogP contribution in [-0.2, 0) is 16.1 Å². The molecule has 0 unspecified atom stereocenters. The minimum atomic E-state index is -0.498. The summed E-state index contributed by atoms with van der Waals surface area (Å²) < 4.78 is 6.48. The monoisotopic (exact) mass is 374 g/mol. The van der Waals surface area contributed by atoms with Crippen LogP contribution in [0.5, 0.6) is 0 Å². The number of para-hydroxylation sites is 1. The summed E-state index contributed by atoms with van der Waals surface area (Å²) in [5.41, 5.74) is 1.42. The number of amides is 1. The summed E-state index contributed by atoms with van der Waals surface area (Å²) in [7, 11) is 1.57. The summed E-state index contributed by atoms with van der Waals surface area (Å²) in [5.74, 6) is -0.746. The number of ether oxygens (including phenoxy) is 1. The summed E-state index contributed by atoms with van der Waals surface area (Å²) in [6.07, 6.45) is 0.0762. The standard InChI is InChI=1S/C18H22N4O5/c1-5-27-18(24)14-8-6-7-9-15(14)20(4)16(23)10-11-21-13(3)17(22(25)26)12(2)19-21/h6-9H,5,10-11H2,1-4H3. The molecule has 0 atom stereocenters. The van der Waals surface area contributed by atoms with Crippen LogP contribution in [0.1, 0.15) is 35.1 Å². The molecule has 2 rings (SSSR count). The van der Waals surface area contributed by atoms with Crippen molar-refractivity contribution in [3.05, 3.63) is 51.3 Å². The molecule has 1 aromatic carbocycles. The average molecular weight is 374 g/mol. The second-order valence-electron chi connectivity index (χ2n) is 5.94. The second kappa shape index (κ2) is 8.43. The third-order valence-electron chi connectivity index (χ3n) is 4.20. The van der Waals surface area contributed by atoms with Crippen LogP contribution >= 0.6 is 0 Å². The predicted octanol–water partition coefficient (Wildman–Crippen LogP) is 2.64. The lowest BCUT2D eigenvalue weighted by atomic mass is 10.1. The van der Waals surface area contributed by atoms with Gasteiger partial charge in [-0.25, -0.2) is 4.79 Å². The minimum absolute atomic E-state index is 0.0385. The number of hydrogen-bond donors (Lipinski definition) is 0. The Balaban J connectivity index is 2.15. The van der Waals surface area contributed by atoms with E-state index < -0.39 is 10.9 Å². The number of rotatable bonds is 7. The van der Waals surface area contributed by atoms with Gasteiger partial charge in [-0.2, -0.15) is 5.10 Å². The van der Waals surface area contributed by atoms with Gasteiger partial charge >= 0.3 is 11.7 Å². The number of nitro groups is 1. The molecule has 144 valence electrons. The van der Waals surface area contributed by atoms with Crippen molar-refractivity contribution < 1.29 is 19.2 Å². The highest BCUT2D eigenvalue weighted by Crippen LogP contribution is 2.23. The van der Waals surface area contributed by atoms with Crippen molar-refractivity contribution in [2.24, 2.45) is 0 Å². The summed E-state index contributed by atoms with van der Waals surface area (Å²) in [6.45, 7) is 5.31.